The lowest BCUT2D eigenvalue weighted by molar-refractivity contribution is 0.0920. The van der Waals surface area contributed by atoms with E-state index >= 15 is 0 Å². The number of amides is 1. The maximum Gasteiger partial charge on any atom is 0.253 e. The van der Waals surface area contributed by atoms with Crippen molar-refractivity contribution in [2.45, 2.75) is 37.8 Å². The van der Waals surface area contributed by atoms with Gasteiger partial charge in [-0.05, 0) is 18.9 Å². The number of carbonyl (C=O) groups is 1. The van der Waals surface area contributed by atoms with Gasteiger partial charge in [-0.3, -0.25) is 9.78 Å². The van der Waals surface area contributed by atoms with Crippen molar-refractivity contribution in [3.05, 3.63) is 24.0 Å². The number of nitrogens with two attached hydrogens (primary N) is 1. The molecule has 1 aromatic rings. The van der Waals surface area contributed by atoms with E-state index in [0.29, 0.717) is 5.56 Å². The standard InChI is InChI=1S/C12H17N3O2/c13-10-3-1-2-4-11(10)15-12(17)8-5-9(16)7-14-6-8/h5-7,10-11,16H,1-4,13H2,(H,15,17)/t10-,11-/m1/s1. The number of rotatable bonds is 2. The summed E-state index contributed by atoms with van der Waals surface area (Å²) in [5.74, 6) is -0.235. The van der Waals surface area contributed by atoms with Gasteiger partial charge in [0.15, 0.2) is 0 Å². The molecule has 0 saturated heterocycles. The predicted molar refractivity (Wildman–Crippen MR) is 63.6 cm³/mol. The van der Waals surface area contributed by atoms with Crippen molar-refractivity contribution in [3.8, 4) is 5.75 Å². The van der Waals surface area contributed by atoms with Crippen LogP contribution in [0.2, 0.25) is 0 Å². The highest BCUT2D eigenvalue weighted by atomic mass is 16.3. The third-order valence-corrected chi connectivity index (χ3v) is 3.12. The molecule has 1 aliphatic carbocycles. The molecule has 0 bridgehead atoms. The first-order valence-electron chi connectivity index (χ1n) is 5.87. The quantitative estimate of drug-likeness (QED) is 0.707. The molecule has 1 aliphatic rings. The van der Waals surface area contributed by atoms with Gasteiger partial charge < -0.3 is 16.2 Å². The molecule has 5 nitrogen and oxygen atoms in total. The first-order valence-corrected chi connectivity index (χ1v) is 5.87. The summed E-state index contributed by atoms with van der Waals surface area (Å²) in [6, 6.07) is 1.45. The van der Waals surface area contributed by atoms with Gasteiger partial charge in [0, 0.05) is 18.3 Å². The van der Waals surface area contributed by atoms with Gasteiger partial charge in [0.2, 0.25) is 0 Å². The average Bonchev–Trinajstić information content (AvgIpc) is 2.32. The lowest BCUT2D eigenvalue weighted by Gasteiger charge is -2.29. The minimum absolute atomic E-state index is 0.00871. The van der Waals surface area contributed by atoms with Crippen LogP contribution in [0.1, 0.15) is 36.0 Å². The fourth-order valence-electron chi connectivity index (χ4n) is 2.14. The molecular weight excluding hydrogens is 218 g/mol. The summed E-state index contributed by atoms with van der Waals surface area (Å²) >= 11 is 0. The lowest BCUT2D eigenvalue weighted by atomic mass is 9.91. The Balaban J connectivity index is 2.01. The molecule has 1 fully saturated rings. The molecule has 0 aromatic carbocycles. The van der Waals surface area contributed by atoms with Gasteiger partial charge in [-0.1, -0.05) is 12.8 Å². The van der Waals surface area contributed by atoms with E-state index in [2.05, 4.69) is 10.3 Å². The van der Waals surface area contributed by atoms with Gasteiger partial charge in [-0.2, -0.15) is 0 Å². The minimum Gasteiger partial charge on any atom is -0.506 e. The summed E-state index contributed by atoms with van der Waals surface area (Å²) in [4.78, 5) is 15.7. The highest BCUT2D eigenvalue weighted by Gasteiger charge is 2.23. The zero-order valence-corrected chi connectivity index (χ0v) is 9.60. The van der Waals surface area contributed by atoms with Gasteiger partial charge in [-0.25, -0.2) is 0 Å². The van der Waals surface area contributed by atoms with Crippen LogP contribution < -0.4 is 11.1 Å². The SMILES string of the molecule is N[C@@H]1CCCC[C@H]1NC(=O)c1cncc(O)c1. The molecule has 1 saturated carbocycles. The van der Waals surface area contributed by atoms with Crippen LogP contribution >= 0.6 is 0 Å². The van der Waals surface area contributed by atoms with E-state index in [1.54, 1.807) is 0 Å². The van der Waals surface area contributed by atoms with E-state index in [9.17, 15) is 9.90 Å². The molecule has 2 rings (SSSR count). The molecule has 0 spiro atoms. The van der Waals surface area contributed by atoms with Gasteiger partial charge in [0.25, 0.3) is 5.91 Å². The number of carbonyl (C=O) groups excluding carboxylic acids is 1. The second-order valence-electron chi connectivity index (χ2n) is 4.46. The van der Waals surface area contributed by atoms with E-state index in [1.807, 2.05) is 0 Å². The fourth-order valence-corrected chi connectivity index (χ4v) is 2.14. The maximum atomic E-state index is 11.9. The normalized spacial score (nSPS) is 24.3. The molecule has 17 heavy (non-hydrogen) atoms. The number of nitrogens with one attached hydrogen (secondary N) is 1. The summed E-state index contributed by atoms with van der Waals surface area (Å²) in [5, 5.41) is 12.1. The Hall–Kier alpha value is -1.62. The van der Waals surface area contributed by atoms with Crippen LogP contribution in [0.4, 0.5) is 0 Å². The number of aromatic hydroxyl groups is 1. The van der Waals surface area contributed by atoms with E-state index in [4.69, 9.17) is 5.73 Å². The monoisotopic (exact) mass is 235 g/mol. The molecule has 0 aliphatic heterocycles. The van der Waals surface area contributed by atoms with Crippen LogP contribution in [0.15, 0.2) is 18.5 Å². The van der Waals surface area contributed by atoms with Crippen LogP contribution in [-0.2, 0) is 0 Å². The smallest absolute Gasteiger partial charge is 0.253 e. The molecule has 2 atom stereocenters. The molecule has 1 aromatic heterocycles. The first-order chi connectivity index (χ1) is 8.16. The lowest BCUT2D eigenvalue weighted by Crippen LogP contribution is -2.49. The Kier molecular flexibility index (Phi) is 3.58. The number of hydrogen-bond acceptors (Lipinski definition) is 4. The van der Waals surface area contributed by atoms with Crippen molar-refractivity contribution >= 4 is 5.91 Å². The Morgan fingerprint density at radius 2 is 2.18 bits per heavy atom. The zero-order valence-electron chi connectivity index (χ0n) is 9.60. The van der Waals surface area contributed by atoms with Gasteiger partial charge in [0.1, 0.15) is 5.75 Å². The largest absolute Gasteiger partial charge is 0.506 e. The van der Waals surface area contributed by atoms with E-state index < -0.39 is 0 Å². The molecule has 4 N–H and O–H groups in total. The molecule has 0 unspecified atom stereocenters. The molecule has 0 radical (unpaired) electrons. The predicted octanol–water partition coefficient (Wildman–Crippen LogP) is 0.787. The zero-order chi connectivity index (χ0) is 12.3. The van der Waals surface area contributed by atoms with Crippen molar-refractivity contribution in [1.82, 2.24) is 10.3 Å². The Morgan fingerprint density at radius 1 is 1.41 bits per heavy atom. The van der Waals surface area contributed by atoms with E-state index in [0.717, 1.165) is 25.7 Å². The first kappa shape index (κ1) is 11.9. The van der Waals surface area contributed by atoms with E-state index in [1.165, 1.54) is 18.5 Å². The Labute approximate surface area is 100 Å². The van der Waals surface area contributed by atoms with Crippen LogP contribution in [0.25, 0.3) is 0 Å². The molecule has 1 heterocycles. The van der Waals surface area contributed by atoms with Crippen molar-refractivity contribution < 1.29 is 9.90 Å². The second-order valence-corrected chi connectivity index (χ2v) is 4.46. The van der Waals surface area contributed by atoms with Crippen LogP contribution in [0, 0.1) is 0 Å². The highest BCUT2D eigenvalue weighted by Crippen LogP contribution is 2.17. The summed E-state index contributed by atoms with van der Waals surface area (Å²) in [5.41, 5.74) is 6.32. The Morgan fingerprint density at radius 3 is 2.88 bits per heavy atom. The van der Waals surface area contributed by atoms with E-state index in [-0.39, 0.29) is 23.7 Å². The maximum absolute atomic E-state index is 11.9. The number of pyridine rings is 1. The van der Waals surface area contributed by atoms with Crippen LogP contribution in [0.3, 0.4) is 0 Å². The van der Waals surface area contributed by atoms with Gasteiger partial charge in [0.05, 0.1) is 11.8 Å². The highest BCUT2D eigenvalue weighted by molar-refractivity contribution is 5.94. The molecule has 1 amide bonds. The third kappa shape index (κ3) is 2.94. The minimum atomic E-state index is -0.226. The third-order valence-electron chi connectivity index (χ3n) is 3.12. The van der Waals surface area contributed by atoms with Gasteiger partial charge in [-0.15, -0.1) is 0 Å². The van der Waals surface area contributed by atoms with Crippen LogP contribution in [0.5, 0.6) is 5.75 Å². The van der Waals surface area contributed by atoms with Crippen molar-refractivity contribution in [2.24, 2.45) is 5.73 Å². The summed E-state index contributed by atoms with van der Waals surface area (Å²) in [6.07, 6.45) is 6.81. The van der Waals surface area contributed by atoms with Gasteiger partial charge >= 0.3 is 0 Å². The summed E-state index contributed by atoms with van der Waals surface area (Å²) in [6.45, 7) is 0. The number of nitrogens with zero attached hydrogens (tertiary/aromatic N) is 1. The summed E-state index contributed by atoms with van der Waals surface area (Å²) in [7, 11) is 0. The number of hydrogen-bond donors (Lipinski definition) is 3. The van der Waals surface area contributed by atoms with Crippen LogP contribution in [-0.4, -0.2) is 28.1 Å². The topological polar surface area (TPSA) is 88.2 Å². The fraction of sp³-hybridized carbons (Fsp3) is 0.500. The molecular formula is C12H17N3O2. The molecule has 92 valence electrons. The van der Waals surface area contributed by atoms with Crippen molar-refractivity contribution in [1.29, 1.82) is 0 Å². The average molecular weight is 235 g/mol. The Bertz CT molecular complexity index is 408. The number of aromatic nitrogens is 1. The van der Waals surface area contributed by atoms with Crippen molar-refractivity contribution in [2.75, 3.05) is 0 Å². The second kappa shape index (κ2) is 5.14. The van der Waals surface area contributed by atoms with Crippen molar-refractivity contribution in [3.63, 3.8) is 0 Å². The summed E-state index contributed by atoms with van der Waals surface area (Å²) < 4.78 is 0. The molecule has 5 heteroatoms.